The molecule has 0 bridgehead atoms. The second kappa shape index (κ2) is 6.29. The molecule has 0 aliphatic carbocycles. The minimum absolute atomic E-state index is 0.0288. The maximum atomic E-state index is 12.6. The number of hydrogen-bond donors (Lipinski definition) is 2. The molecule has 0 radical (unpaired) electrons. The predicted molar refractivity (Wildman–Crippen MR) is 93.5 cm³/mol. The molecule has 7 nitrogen and oxygen atoms in total. The van der Waals surface area contributed by atoms with Crippen LogP contribution in [0.3, 0.4) is 0 Å². The molecule has 1 aliphatic heterocycles. The Hall–Kier alpha value is -2.74. The van der Waals surface area contributed by atoms with Crippen LogP contribution in [0.4, 0.5) is 11.4 Å². The van der Waals surface area contributed by atoms with Crippen molar-refractivity contribution in [2.45, 2.75) is 24.8 Å². The molecule has 132 valence electrons. The number of hydrogen-bond acceptors (Lipinski definition) is 5. The molecular formula is C17H18N2O5S. The fraction of sp³-hybridized carbons (Fsp3) is 0.235. The summed E-state index contributed by atoms with van der Waals surface area (Å²) in [5.74, 6) is 0.0848. The minimum Gasteiger partial charge on any atom is -0.506 e. The van der Waals surface area contributed by atoms with Gasteiger partial charge >= 0.3 is 0 Å². The molecule has 0 fully saturated rings. The molecule has 2 aromatic rings. The highest BCUT2D eigenvalue weighted by molar-refractivity contribution is 7.92. The van der Waals surface area contributed by atoms with Crippen molar-refractivity contribution in [1.82, 2.24) is 0 Å². The molecule has 2 aromatic carbocycles. The number of amides is 1. The first kappa shape index (κ1) is 17.1. The molecule has 3 rings (SSSR count). The molecule has 1 atom stereocenters. The summed E-state index contributed by atoms with van der Waals surface area (Å²) in [5.41, 5.74) is 0.485. The lowest BCUT2D eigenvalue weighted by molar-refractivity contribution is -0.117. The number of phenolic OH excluding ortho intramolecular Hbond substituents is 1. The first-order valence-electron chi connectivity index (χ1n) is 7.67. The lowest BCUT2D eigenvalue weighted by atomic mass is 10.2. The van der Waals surface area contributed by atoms with E-state index in [1.807, 2.05) is 6.92 Å². The zero-order valence-electron chi connectivity index (χ0n) is 13.8. The number of phenols is 1. The predicted octanol–water partition coefficient (Wildman–Crippen LogP) is 2.33. The standard InChI is InChI=1S/C17H18N2O5S/c1-11-10-19(12(2)20)15-9-13(7-8-17(15)24-11)25(22,23)18-14-5-3-4-6-16(14)21/h3-9,11,18,21H,10H2,1-2H3. The van der Waals surface area contributed by atoms with Gasteiger partial charge in [0.05, 0.1) is 22.8 Å². The first-order valence-corrected chi connectivity index (χ1v) is 9.16. The van der Waals surface area contributed by atoms with Crippen molar-refractivity contribution in [3.05, 3.63) is 42.5 Å². The van der Waals surface area contributed by atoms with Crippen molar-refractivity contribution in [2.75, 3.05) is 16.2 Å². The number of anilines is 2. The Bertz CT molecular complexity index is 926. The van der Waals surface area contributed by atoms with Crippen LogP contribution in [0.2, 0.25) is 0 Å². The number of benzene rings is 2. The summed E-state index contributed by atoms with van der Waals surface area (Å²) in [4.78, 5) is 13.3. The van der Waals surface area contributed by atoms with Gasteiger partial charge in [-0.25, -0.2) is 8.42 Å². The van der Waals surface area contributed by atoms with Gasteiger partial charge in [0.15, 0.2) is 0 Å². The van der Waals surface area contributed by atoms with Crippen molar-refractivity contribution in [2.24, 2.45) is 0 Å². The summed E-state index contributed by atoms with van der Waals surface area (Å²) in [6, 6.07) is 10.4. The van der Waals surface area contributed by atoms with Crippen LogP contribution in [0.1, 0.15) is 13.8 Å². The summed E-state index contributed by atoms with van der Waals surface area (Å²) >= 11 is 0. The highest BCUT2D eigenvalue weighted by Crippen LogP contribution is 2.36. The quantitative estimate of drug-likeness (QED) is 0.817. The summed E-state index contributed by atoms with van der Waals surface area (Å²) in [5, 5.41) is 9.76. The zero-order chi connectivity index (χ0) is 18.2. The molecule has 1 aliphatic rings. The van der Waals surface area contributed by atoms with Crippen LogP contribution in [0, 0.1) is 0 Å². The van der Waals surface area contributed by atoms with Crippen molar-refractivity contribution < 1.29 is 23.1 Å². The zero-order valence-corrected chi connectivity index (χ0v) is 14.6. The van der Waals surface area contributed by atoms with E-state index in [-0.39, 0.29) is 28.3 Å². The lowest BCUT2D eigenvalue weighted by Crippen LogP contribution is -2.41. The van der Waals surface area contributed by atoms with Crippen LogP contribution in [0.25, 0.3) is 0 Å². The normalized spacial score (nSPS) is 16.7. The number of carbonyl (C=O) groups excluding carboxylic acids is 1. The number of nitrogens with zero attached hydrogens (tertiary/aromatic N) is 1. The van der Waals surface area contributed by atoms with Gasteiger partial charge in [-0.05, 0) is 37.3 Å². The number of ether oxygens (including phenoxy) is 1. The Labute approximate surface area is 145 Å². The van der Waals surface area contributed by atoms with Gasteiger partial charge in [-0.15, -0.1) is 0 Å². The van der Waals surface area contributed by atoms with Gasteiger partial charge in [0.25, 0.3) is 10.0 Å². The number of aromatic hydroxyl groups is 1. The Balaban J connectivity index is 2.00. The molecular weight excluding hydrogens is 344 g/mol. The molecule has 1 amide bonds. The first-order chi connectivity index (χ1) is 11.8. The van der Waals surface area contributed by atoms with Crippen LogP contribution < -0.4 is 14.4 Å². The molecule has 8 heteroatoms. The highest BCUT2D eigenvalue weighted by Gasteiger charge is 2.28. The van der Waals surface area contributed by atoms with E-state index in [0.29, 0.717) is 18.0 Å². The average Bonchev–Trinajstić information content (AvgIpc) is 2.55. The molecule has 0 saturated carbocycles. The van der Waals surface area contributed by atoms with Gasteiger partial charge in [-0.3, -0.25) is 9.52 Å². The molecule has 1 unspecified atom stereocenters. The van der Waals surface area contributed by atoms with E-state index in [1.165, 1.54) is 42.2 Å². The fourth-order valence-electron chi connectivity index (χ4n) is 2.65. The van der Waals surface area contributed by atoms with E-state index >= 15 is 0 Å². The molecule has 2 N–H and O–H groups in total. The monoisotopic (exact) mass is 362 g/mol. The summed E-state index contributed by atoms with van der Waals surface area (Å²) in [6.45, 7) is 3.60. The SMILES string of the molecule is CC(=O)N1CC(C)Oc2ccc(S(=O)(=O)Nc3ccccc3O)cc21. The van der Waals surface area contributed by atoms with Gasteiger partial charge < -0.3 is 14.7 Å². The smallest absolute Gasteiger partial charge is 0.262 e. The van der Waals surface area contributed by atoms with Gasteiger partial charge in [-0.1, -0.05) is 12.1 Å². The summed E-state index contributed by atoms with van der Waals surface area (Å²) in [7, 11) is -3.94. The van der Waals surface area contributed by atoms with Gasteiger partial charge in [0.1, 0.15) is 17.6 Å². The number of fused-ring (bicyclic) bond motifs is 1. The van der Waals surface area contributed by atoms with E-state index in [1.54, 1.807) is 12.1 Å². The minimum atomic E-state index is -3.94. The Morgan fingerprint density at radius 2 is 2.00 bits per heavy atom. The Kier molecular flexibility index (Phi) is 4.30. The van der Waals surface area contributed by atoms with Crippen molar-refractivity contribution in [1.29, 1.82) is 0 Å². The van der Waals surface area contributed by atoms with E-state index in [4.69, 9.17) is 4.74 Å². The van der Waals surface area contributed by atoms with Crippen LogP contribution in [0.5, 0.6) is 11.5 Å². The fourth-order valence-corrected chi connectivity index (χ4v) is 3.74. The maximum absolute atomic E-state index is 12.6. The second-order valence-electron chi connectivity index (χ2n) is 5.81. The summed E-state index contributed by atoms with van der Waals surface area (Å²) in [6.07, 6.45) is -0.182. The number of carbonyl (C=O) groups is 1. The Morgan fingerprint density at radius 3 is 2.68 bits per heavy atom. The number of para-hydroxylation sites is 2. The van der Waals surface area contributed by atoms with E-state index < -0.39 is 10.0 Å². The largest absolute Gasteiger partial charge is 0.506 e. The van der Waals surface area contributed by atoms with E-state index in [9.17, 15) is 18.3 Å². The van der Waals surface area contributed by atoms with Gasteiger partial charge in [-0.2, -0.15) is 0 Å². The van der Waals surface area contributed by atoms with Crippen LogP contribution in [0.15, 0.2) is 47.4 Å². The van der Waals surface area contributed by atoms with Crippen LogP contribution in [-0.4, -0.2) is 32.1 Å². The van der Waals surface area contributed by atoms with Crippen LogP contribution in [-0.2, 0) is 14.8 Å². The highest BCUT2D eigenvalue weighted by atomic mass is 32.2. The van der Waals surface area contributed by atoms with Gasteiger partial charge in [0, 0.05) is 6.92 Å². The summed E-state index contributed by atoms with van der Waals surface area (Å²) < 4.78 is 33.2. The van der Waals surface area contributed by atoms with Crippen molar-refractivity contribution in [3.8, 4) is 11.5 Å². The topological polar surface area (TPSA) is 95.9 Å². The lowest BCUT2D eigenvalue weighted by Gasteiger charge is -2.33. The third kappa shape index (κ3) is 3.39. The van der Waals surface area contributed by atoms with Crippen molar-refractivity contribution >= 4 is 27.3 Å². The molecule has 0 aromatic heterocycles. The molecule has 25 heavy (non-hydrogen) atoms. The van der Waals surface area contributed by atoms with E-state index in [2.05, 4.69) is 4.72 Å². The number of rotatable bonds is 3. The van der Waals surface area contributed by atoms with Gasteiger partial charge in [0.2, 0.25) is 5.91 Å². The number of nitrogens with one attached hydrogen (secondary N) is 1. The molecule has 0 saturated heterocycles. The Morgan fingerprint density at radius 1 is 1.28 bits per heavy atom. The molecule has 1 heterocycles. The van der Waals surface area contributed by atoms with Crippen molar-refractivity contribution in [3.63, 3.8) is 0 Å². The number of sulfonamides is 1. The maximum Gasteiger partial charge on any atom is 0.262 e. The average molecular weight is 362 g/mol. The van der Waals surface area contributed by atoms with Crippen LogP contribution >= 0.6 is 0 Å². The molecule has 0 spiro atoms. The van der Waals surface area contributed by atoms with E-state index in [0.717, 1.165) is 0 Å². The third-order valence-electron chi connectivity index (χ3n) is 3.83. The third-order valence-corrected chi connectivity index (χ3v) is 5.19. The second-order valence-corrected chi connectivity index (χ2v) is 7.49.